The number of imide groups is 1. The second-order valence-corrected chi connectivity index (χ2v) is 13.6. The number of amides is 4. The van der Waals surface area contributed by atoms with Crippen LogP contribution in [0.1, 0.15) is 63.5 Å². The minimum Gasteiger partial charge on any atom is -0.445 e. The molecule has 3 saturated heterocycles. The van der Waals surface area contributed by atoms with Gasteiger partial charge in [0, 0.05) is 58.3 Å². The number of halogens is 1. The van der Waals surface area contributed by atoms with Gasteiger partial charge in [0.25, 0.3) is 0 Å². The number of likely N-dealkylation sites (tertiary alicyclic amines) is 1. The first-order valence-corrected chi connectivity index (χ1v) is 16.5. The van der Waals surface area contributed by atoms with Crippen molar-refractivity contribution in [2.24, 2.45) is 5.92 Å². The van der Waals surface area contributed by atoms with Crippen LogP contribution in [0.15, 0.2) is 48.5 Å². The molecule has 0 radical (unpaired) electrons. The van der Waals surface area contributed by atoms with E-state index in [9.17, 15) is 19.2 Å². The Kier molecular flexibility index (Phi) is 11.0. The van der Waals surface area contributed by atoms with Crippen molar-refractivity contribution in [1.82, 2.24) is 20.4 Å². The molecule has 2 aromatic rings. The number of benzene rings is 2. The zero-order valence-corrected chi connectivity index (χ0v) is 27.5. The summed E-state index contributed by atoms with van der Waals surface area (Å²) in [4.78, 5) is 55.4. The van der Waals surface area contributed by atoms with Crippen LogP contribution in [-0.4, -0.2) is 91.3 Å². The summed E-state index contributed by atoms with van der Waals surface area (Å²) in [5.74, 6) is -1.47. The molecule has 0 saturated carbocycles. The number of nitrogens with zero attached hydrogens (tertiary/aromatic N) is 3. The Morgan fingerprint density at radius 2 is 1.68 bits per heavy atom. The van der Waals surface area contributed by atoms with E-state index in [1.807, 2.05) is 56.0 Å². The normalized spacial score (nSPS) is 20.4. The highest BCUT2D eigenvalue weighted by Gasteiger charge is 2.34. The lowest BCUT2D eigenvalue weighted by atomic mass is 9.89. The van der Waals surface area contributed by atoms with Gasteiger partial charge < -0.3 is 24.6 Å². The summed E-state index contributed by atoms with van der Waals surface area (Å²) >= 11 is 0. The molecule has 0 aliphatic carbocycles. The third-order valence-corrected chi connectivity index (χ3v) is 9.06. The first-order chi connectivity index (χ1) is 22.4. The number of piperidine rings is 2. The van der Waals surface area contributed by atoms with Crippen molar-refractivity contribution in [1.29, 1.82) is 0 Å². The van der Waals surface area contributed by atoms with E-state index in [-0.39, 0.29) is 42.9 Å². The molecule has 5 rings (SSSR count). The van der Waals surface area contributed by atoms with Crippen LogP contribution in [0.2, 0.25) is 0 Å². The molecule has 0 bridgehead atoms. The van der Waals surface area contributed by atoms with E-state index < -0.39 is 23.4 Å². The van der Waals surface area contributed by atoms with E-state index in [1.54, 1.807) is 17.0 Å². The SMILES string of the molecule is CC(C)(C)OC(=O)N1CCC(C(CN2CCN(c3ccc(C4CCC(=O)NC4=O)cc3F)CC2)NC(=O)OCc2ccccc2)CC1. The summed E-state index contributed by atoms with van der Waals surface area (Å²) < 4.78 is 26.4. The highest BCUT2D eigenvalue weighted by Crippen LogP contribution is 2.30. The quantitative estimate of drug-likeness (QED) is 0.403. The van der Waals surface area contributed by atoms with E-state index in [1.165, 1.54) is 6.07 Å². The van der Waals surface area contributed by atoms with Gasteiger partial charge in [0.1, 0.15) is 18.0 Å². The van der Waals surface area contributed by atoms with Crippen LogP contribution in [-0.2, 0) is 25.7 Å². The molecule has 2 N–H and O–H groups in total. The molecule has 2 unspecified atom stereocenters. The predicted molar refractivity (Wildman–Crippen MR) is 174 cm³/mol. The predicted octanol–water partition coefficient (Wildman–Crippen LogP) is 4.41. The lowest BCUT2D eigenvalue weighted by Crippen LogP contribution is -2.55. The summed E-state index contributed by atoms with van der Waals surface area (Å²) in [5, 5.41) is 5.45. The molecule has 0 spiro atoms. The Morgan fingerprint density at radius 3 is 2.32 bits per heavy atom. The summed E-state index contributed by atoms with van der Waals surface area (Å²) in [6.45, 7) is 9.93. The lowest BCUT2D eigenvalue weighted by Gasteiger charge is -2.41. The van der Waals surface area contributed by atoms with E-state index >= 15 is 4.39 Å². The van der Waals surface area contributed by atoms with E-state index in [0.29, 0.717) is 76.3 Å². The second-order valence-electron chi connectivity index (χ2n) is 13.6. The zero-order valence-electron chi connectivity index (χ0n) is 27.5. The first kappa shape index (κ1) is 34.2. The molecule has 12 heteroatoms. The third kappa shape index (κ3) is 9.43. The van der Waals surface area contributed by atoms with Gasteiger partial charge in [-0.1, -0.05) is 36.4 Å². The number of rotatable bonds is 8. The van der Waals surface area contributed by atoms with Gasteiger partial charge in [0.15, 0.2) is 0 Å². The third-order valence-electron chi connectivity index (χ3n) is 9.06. The molecular weight excluding hydrogens is 605 g/mol. The highest BCUT2D eigenvalue weighted by atomic mass is 19.1. The number of alkyl carbamates (subject to hydrolysis) is 1. The van der Waals surface area contributed by atoms with Crippen molar-refractivity contribution in [3.8, 4) is 0 Å². The fraction of sp³-hybridized carbons (Fsp3) is 0.543. The van der Waals surface area contributed by atoms with Crippen LogP contribution >= 0.6 is 0 Å². The van der Waals surface area contributed by atoms with Crippen LogP contribution in [0.4, 0.5) is 19.7 Å². The van der Waals surface area contributed by atoms with E-state index in [4.69, 9.17) is 9.47 Å². The number of hydrogen-bond acceptors (Lipinski definition) is 8. The summed E-state index contributed by atoms with van der Waals surface area (Å²) in [7, 11) is 0. The lowest BCUT2D eigenvalue weighted by molar-refractivity contribution is -0.134. The van der Waals surface area contributed by atoms with Crippen LogP contribution in [0.3, 0.4) is 0 Å². The first-order valence-electron chi connectivity index (χ1n) is 16.5. The van der Waals surface area contributed by atoms with Crippen LogP contribution in [0, 0.1) is 11.7 Å². The average Bonchev–Trinajstić information content (AvgIpc) is 3.04. The number of ether oxygens (including phenoxy) is 2. The van der Waals surface area contributed by atoms with Crippen molar-refractivity contribution in [3.05, 3.63) is 65.5 Å². The van der Waals surface area contributed by atoms with Gasteiger partial charge in [0.05, 0.1) is 11.6 Å². The largest absolute Gasteiger partial charge is 0.445 e. The van der Waals surface area contributed by atoms with Crippen molar-refractivity contribution in [2.75, 3.05) is 50.7 Å². The van der Waals surface area contributed by atoms with Crippen molar-refractivity contribution in [2.45, 2.75) is 70.6 Å². The number of carbonyl (C=O) groups excluding carboxylic acids is 4. The Bertz CT molecular complexity index is 1420. The molecule has 2 aromatic carbocycles. The number of piperazine rings is 1. The zero-order chi connectivity index (χ0) is 33.6. The molecular formula is C35H46FN5O6. The number of hydrogen-bond donors (Lipinski definition) is 2. The van der Waals surface area contributed by atoms with E-state index in [2.05, 4.69) is 15.5 Å². The summed E-state index contributed by atoms with van der Waals surface area (Å²) in [6, 6.07) is 14.2. The fourth-order valence-corrected chi connectivity index (χ4v) is 6.50. The summed E-state index contributed by atoms with van der Waals surface area (Å²) in [5.41, 5.74) is 1.38. The van der Waals surface area contributed by atoms with Gasteiger partial charge >= 0.3 is 12.2 Å². The number of anilines is 1. The molecule has 4 amide bonds. The standard InChI is InChI=1S/C35H46FN5O6/c1-35(2,3)47-34(45)41-15-13-25(14-16-41)29(37-33(44)46-23-24-7-5-4-6-8-24)22-39-17-19-40(20-18-39)30-11-9-26(21-28(30)36)27-10-12-31(42)38-32(27)43/h4-9,11,21,25,27,29H,10,12-20,22-23H2,1-3H3,(H,37,44)(H,38,42,43). The fourth-order valence-electron chi connectivity index (χ4n) is 6.50. The second kappa shape index (κ2) is 15.1. The maximum atomic E-state index is 15.3. The van der Waals surface area contributed by atoms with Crippen molar-refractivity contribution >= 4 is 29.7 Å². The van der Waals surface area contributed by atoms with Gasteiger partial charge in [-0.3, -0.25) is 19.8 Å². The van der Waals surface area contributed by atoms with Gasteiger partial charge in [0.2, 0.25) is 11.8 Å². The van der Waals surface area contributed by atoms with Crippen molar-refractivity contribution in [3.63, 3.8) is 0 Å². The average molecular weight is 652 g/mol. The van der Waals surface area contributed by atoms with Gasteiger partial charge in [-0.25, -0.2) is 14.0 Å². The van der Waals surface area contributed by atoms with Crippen LogP contribution in [0.25, 0.3) is 0 Å². The highest BCUT2D eigenvalue weighted by molar-refractivity contribution is 6.00. The van der Waals surface area contributed by atoms with Crippen LogP contribution in [0.5, 0.6) is 0 Å². The summed E-state index contributed by atoms with van der Waals surface area (Å²) in [6.07, 6.45) is 1.24. The molecule has 3 fully saturated rings. The Labute approximate surface area is 275 Å². The molecule has 3 aliphatic rings. The Morgan fingerprint density at radius 1 is 0.979 bits per heavy atom. The monoisotopic (exact) mass is 651 g/mol. The number of carbonyl (C=O) groups is 4. The van der Waals surface area contributed by atoms with Crippen molar-refractivity contribution < 1.29 is 33.0 Å². The topological polar surface area (TPSA) is 121 Å². The van der Waals surface area contributed by atoms with Gasteiger partial charge in [-0.2, -0.15) is 0 Å². The maximum Gasteiger partial charge on any atom is 0.410 e. The van der Waals surface area contributed by atoms with Gasteiger partial charge in [-0.05, 0) is 69.2 Å². The minimum absolute atomic E-state index is 0.133. The molecule has 3 heterocycles. The van der Waals surface area contributed by atoms with E-state index in [0.717, 1.165) is 5.56 Å². The molecule has 0 aromatic heterocycles. The molecule has 11 nitrogen and oxygen atoms in total. The van der Waals surface area contributed by atoms with Gasteiger partial charge in [-0.15, -0.1) is 0 Å². The molecule has 3 aliphatic heterocycles. The smallest absolute Gasteiger partial charge is 0.410 e. The Balaban J connectivity index is 1.18. The molecule has 47 heavy (non-hydrogen) atoms. The minimum atomic E-state index is -0.568. The number of nitrogens with one attached hydrogen (secondary N) is 2. The molecule has 2 atom stereocenters. The Hall–Kier alpha value is -4.19. The molecule has 254 valence electrons. The van der Waals surface area contributed by atoms with Crippen LogP contribution < -0.4 is 15.5 Å². The maximum absolute atomic E-state index is 15.3.